The Labute approximate surface area is 136 Å². The van der Waals surface area contributed by atoms with Gasteiger partial charge in [0.05, 0.1) is 0 Å². The lowest BCUT2D eigenvalue weighted by Crippen LogP contribution is -1.83. The summed E-state index contributed by atoms with van der Waals surface area (Å²) in [7, 11) is 0. The molecule has 0 bridgehead atoms. The number of rotatable bonds is 4. The predicted molar refractivity (Wildman–Crippen MR) is 94.7 cm³/mol. The Morgan fingerprint density at radius 1 is 0.739 bits per heavy atom. The molecule has 0 atom stereocenters. The summed E-state index contributed by atoms with van der Waals surface area (Å²) in [6.07, 6.45) is 4.07. The van der Waals surface area contributed by atoms with E-state index in [1.54, 1.807) is 6.07 Å². The standard InChI is InChI=1S/C21H18O2/c1-16-15-18(11-14-21(16)22)8-7-17-9-12-20(13-10-17)23-19-5-3-2-4-6-19/h2-15,22H,1H3/b8-7+. The molecule has 3 rings (SSSR count). The lowest BCUT2D eigenvalue weighted by molar-refractivity contribution is 0.471. The molecule has 0 aliphatic carbocycles. The van der Waals surface area contributed by atoms with Gasteiger partial charge in [-0.2, -0.15) is 0 Å². The van der Waals surface area contributed by atoms with E-state index in [9.17, 15) is 5.11 Å². The van der Waals surface area contributed by atoms with Crippen molar-refractivity contribution in [2.45, 2.75) is 6.92 Å². The monoisotopic (exact) mass is 302 g/mol. The highest BCUT2D eigenvalue weighted by molar-refractivity contribution is 5.70. The van der Waals surface area contributed by atoms with Crippen molar-refractivity contribution in [3.63, 3.8) is 0 Å². The Bertz CT molecular complexity index is 803. The highest BCUT2D eigenvalue weighted by Crippen LogP contribution is 2.22. The fourth-order valence-electron chi connectivity index (χ4n) is 2.25. The third kappa shape index (κ3) is 4.01. The zero-order chi connectivity index (χ0) is 16.1. The molecule has 2 nitrogen and oxygen atoms in total. The zero-order valence-electron chi connectivity index (χ0n) is 12.9. The molecule has 0 saturated heterocycles. The minimum atomic E-state index is 0.324. The van der Waals surface area contributed by atoms with Crippen molar-refractivity contribution in [1.82, 2.24) is 0 Å². The van der Waals surface area contributed by atoms with Crippen LogP contribution in [0.25, 0.3) is 12.2 Å². The minimum Gasteiger partial charge on any atom is -0.508 e. The quantitative estimate of drug-likeness (QED) is 0.630. The van der Waals surface area contributed by atoms with Crippen molar-refractivity contribution in [3.05, 3.63) is 89.5 Å². The molecule has 23 heavy (non-hydrogen) atoms. The van der Waals surface area contributed by atoms with E-state index in [1.165, 1.54) is 0 Å². The fraction of sp³-hybridized carbons (Fsp3) is 0.0476. The topological polar surface area (TPSA) is 29.5 Å². The van der Waals surface area contributed by atoms with E-state index in [-0.39, 0.29) is 0 Å². The number of ether oxygens (including phenoxy) is 1. The second-order valence-electron chi connectivity index (χ2n) is 5.36. The van der Waals surface area contributed by atoms with Gasteiger partial charge in [0.2, 0.25) is 0 Å². The second kappa shape index (κ2) is 6.84. The first-order valence-electron chi connectivity index (χ1n) is 7.51. The summed E-state index contributed by atoms with van der Waals surface area (Å²) in [4.78, 5) is 0. The van der Waals surface area contributed by atoms with Crippen molar-refractivity contribution in [3.8, 4) is 17.2 Å². The molecule has 2 heteroatoms. The molecule has 0 aromatic heterocycles. The number of benzene rings is 3. The first-order valence-corrected chi connectivity index (χ1v) is 7.51. The van der Waals surface area contributed by atoms with Crippen LogP contribution in [-0.4, -0.2) is 5.11 Å². The van der Waals surface area contributed by atoms with Gasteiger partial charge in [-0.15, -0.1) is 0 Å². The van der Waals surface area contributed by atoms with Crippen LogP contribution in [0.3, 0.4) is 0 Å². The average molecular weight is 302 g/mol. The molecule has 0 spiro atoms. The largest absolute Gasteiger partial charge is 0.508 e. The normalized spacial score (nSPS) is 10.8. The van der Waals surface area contributed by atoms with E-state index >= 15 is 0 Å². The fourth-order valence-corrected chi connectivity index (χ4v) is 2.25. The third-order valence-electron chi connectivity index (χ3n) is 3.55. The summed E-state index contributed by atoms with van der Waals surface area (Å²) in [5, 5.41) is 9.54. The van der Waals surface area contributed by atoms with E-state index in [1.807, 2.05) is 85.8 Å². The molecule has 0 aliphatic heterocycles. The Balaban J connectivity index is 1.69. The number of aromatic hydroxyl groups is 1. The Hall–Kier alpha value is -3.00. The molecule has 0 amide bonds. The molecule has 1 N–H and O–H groups in total. The average Bonchev–Trinajstić information content (AvgIpc) is 2.58. The molecule has 0 radical (unpaired) electrons. The third-order valence-corrected chi connectivity index (χ3v) is 3.55. The Kier molecular flexibility index (Phi) is 4.44. The summed E-state index contributed by atoms with van der Waals surface area (Å²) in [6, 6.07) is 23.2. The molecule has 0 fully saturated rings. The lowest BCUT2D eigenvalue weighted by atomic mass is 10.1. The van der Waals surface area contributed by atoms with Gasteiger partial charge in [0.1, 0.15) is 17.2 Å². The second-order valence-corrected chi connectivity index (χ2v) is 5.36. The van der Waals surface area contributed by atoms with Gasteiger partial charge in [-0.1, -0.05) is 48.6 Å². The highest BCUT2D eigenvalue weighted by Gasteiger charge is 1.97. The molecule has 0 unspecified atom stereocenters. The van der Waals surface area contributed by atoms with Crippen LogP contribution in [0, 0.1) is 6.92 Å². The van der Waals surface area contributed by atoms with Gasteiger partial charge in [0.25, 0.3) is 0 Å². The van der Waals surface area contributed by atoms with Crippen molar-refractivity contribution in [2.75, 3.05) is 0 Å². The van der Waals surface area contributed by atoms with Gasteiger partial charge >= 0.3 is 0 Å². The Morgan fingerprint density at radius 3 is 2.04 bits per heavy atom. The van der Waals surface area contributed by atoms with Gasteiger partial charge in [-0.25, -0.2) is 0 Å². The van der Waals surface area contributed by atoms with Crippen molar-refractivity contribution in [2.24, 2.45) is 0 Å². The van der Waals surface area contributed by atoms with Crippen LogP contribution in [0.5, 0.6) is 17.2 Å². The van der Waals surface area contributed by atoms with Crippen LogP contribution >= 0.6 is 0 Å². The molecule has 114 valence electrons. The number of phenolic OH excluding ortho intramolecular Hbond substituents is 1. The zero-order valence-corrected chi connectivity index (χ0v) is 12.9. The summed E-state index contributed by atoms with van der Waals surface area (Å²) < 4.78 is 5.77. The van der Waals surface area contributed by atoms with Crippen molar-refractivity contribution in [1.29, 1.82) is 0 Å². The number of aryl methyl sites for hydroxylation is 1. The number of hydrogen-bond donors (Lipinski definition) is 1. The van der Waals surface area contributed by atoms with Crippen molar-refractivity contribution >= 4 is 12.2 Å². The minimum absolute atomic E-state index is 0.324. The van der Waals surface area contributed by atoms with Crippen LogP contribution in [0.15, 0.2) is 72.8 Å². The summed E-state index contributed by atoms with van der Waals surface area (Å²) >= 11 is 0. The van der Waals surface area contributed by atoms with Crippen LogP contribution in [0.2, 0.25) is 0 Å². The maximum atomic E-state index is 9.54. The maximum Gasteiger partial charge on any atom is 0.127 e. The van der Waals surface area contributed by atoms with Crippen LogP contribution in [0.1, 0.15) is 16.7 Å². The van der Waals surface area contributed by atoms with E-state index in [0.29, 0.717) is 5.75 Å². The predicted octanol–water partition coefficient (Wildman–Crippen LogP) is 5.66. The molecule has 3 aromatic rings. The lowest BCUT2D eigenvalue weighted by Gasteiger charge is -2.05. The van der Waals surface area contributed by atoms with Crippen LogP contribution in [-0.2, 0) is 0 Å². The molecule has 0 aliphatic rings. The van der Waals surface area contributed by atoms with Crippen LogP contribution < -0.4 is 4.74 Å². The maximum absolute atomic E-state index is 9.54. The first kappa shape index (κ1) is 14.9. The smallest absolute Gasteiger partial charge is 0.127 e. The number of hydrogen-bond acceptors (Lipinski definition) is 2. The van der Waals surface area contributed by atoms with Gasteiger partial charge in [-0.3, -0.25) is 0 Å². The van der Waals surface area contributed by atoms with Gasteiger partial charge in [-0.05, 0) is 60.0 Å². The summed E-state index contributed by atoms with van der Waals surface area (Å²) in [6.45, 7) is 1.89. The van der Waals surface area contributed by atoms with E-state index in [2.05, 4.69) is 0 Å². The van der Waals surface area contributed by atoms with Crippen molar-refractivity contribution < 1.29 is 9.84 Å². The first-order chi connectivity index (χ1) is 11.2. The summed E-state index contributed by atoms with van der Waals surface area (Å²) in [5.41, 5.74) is 3.03. The van der Waals surface area contributed by atoms with Crippen LogP contribution in [0.4, 0.5) is 0 Å². The molecular formula is C21H18O2. The van der Waals surface area contributed by atoms with Gasteiger partial charge in [0, 0.05) is 0 Å². The van der Waals surface area contributed by atoms with Gasteiger partial charge < -0.3 is 9.84 Å². The number of phenols is 1. The van der Waals surface area contributed by atoms with E-state index < -0.39 is 0 Å². The molecule has 3 aromatic carbocycles. The van der Waals surface area contributed by atoms with E-state index in [4.69, 9.17) is 4.74 Å². The number of para-hydroxylation sites is 1. The van der Waals surface area contributed by atoms with E-state index in [0.717, 1.165) is 28.2 Å². The van der Waals surface area contributed by atoms with Gasteiger partial charge in [0.15, 0.2) is 0 Å². The molecule has 0 heterocycles. The summed E-state index contributed by atoms with van der Waals surface area (Å²) in [5.74, 6) is 1.97. The molecule has 0 saturated carbocycles. The SMILES string of the molecule is Cc1cc(/C=C/c2ccc(Oc3ccccc3)cc2)ccc1O. The highest BCUT2D eigenvalue weighted by atomic mass is 16.5. The molecular weight excluding hydrogens is 284 g/mol. The Morgan fingerprint density at radius 2 is 1.35 bits per heavy atom.